The molecule has 180 valence electrons. The maximum absolute atomic E-state index is 13.7. The highest BCUT2D eigenvalue weighted by atomic mass is 32.1. The van der Waals surface area contributed by atoms with Crippen LogP contribution in [0.15, 0.2) is 72.8 Å². The molecule has 1 saturated heterocycles. The molecule has 0 radical (unpaired) electrons. The molecule has 1 aromatic heterocycles. The first kappa shape index (κ1) is 23.5. The van der Waals surface area contributed by atoms with E-state index in [1.54, 1.807) is 7.11 Å². The number of morpholine rings is 1. The molecule has 4 aromatic rings. The minimum atomic E-state index is -0.0319. The fraction of sp³-hybridized carbons (Fsp3) is 0.286. The number of fused-ring (bicyclic) bond motifs is 1. The van der Waals surface area contributed by atoms with E-state index in [9.17, 15) is 4.79 Å². The van der Waals surface area contributed by atoms with Crippen LogP contribution >= 0.6 is 11.3 Å². The summed E-state index contributed by atoms with van der Waals surface area (Å²) in [6.07, 6.45) is 0.843. The predicted molar refractivity (Wildman–Crippen MR) is 141 cm³/mol. The van der Waals surface area contributed by atoms with Crippen molar-refractivity contribution in [2.24, 2.45) is 0 Å². The Morgan fingerprint density at radius 3 is 2.51 bits per heavy atom. The Kier molecular flexibility index (Phi) is 7.37. The molecule has 0 atom stereocenters. The first-order valence-corrected chi connectivity index (χ1v) is 12.7. The van der Waals surface area contributed by atoms with Gasteiger partial charge in [-0.2, -0.15) is 0 Å². The fourth-order valence-corrected chi connectivity index (χ4v) is 5.21. The second kappa shape index (κ2) is 11.0. The summed E-state index contributed by atoms with van der Waals surface area (Å²) in [7, 11) is 1.65. The third kappa shape index (κ3) is 5.70. The van der Waals surface area contributed by atoms with Gasteiger partial charge < -0.3 is 9.47 Å². The summed E-state index contributed by atoms with van der Waals surface area (Å²) in [6.45, 7) is 4.58. The van der Waals surface area contributed by atoms with Crippen molar-refractivity contribution in [3.8, 4) is 5.75 Å². The summed E-state index contributed by atoms with van der Waals surface area (Å²) in [5, 5.41) is 0.708. The lowest BCUT2D eigenvalue weighted by molar-refractivity contribution is 0.0391. The Morgan fingerprint density at radius 1 is 1.03 bits per heavy atom. The third-order valence-corrected chi connectivity index (χ3v) is 7.31. The standard InChI is InChI=1S/C28H29N3O3S/c1-33-24-11-12-26-25(20-24)29-28(35-26)31(14-13-30-15-17-34-18-16-30)27(32)23-9-7-22(8-10-23)19-21-5-3-2-4-6-21/h2-12,20H,13-19H2,1H3. The van der Waals surface area contributed by atoms with Crippen LogP contribution in [-0.2, 0) is 11.2 Å². The van der Waals surface area contributed by atoms with Crippen LogP contribution in [0, 0.1) is 0 Å². The molecule has 6 nitrogen and oxygen atoms in total. The monoisotopic (exact) mass is 487 g/mol. The molecule has 7 heteroatoms. The number of hydrogen-bond acceptors (Lipinski definition) is 6. The van der Waals surface area contributed by atoms with Crippen LogP contribution in [0.1, 0.15) is 21.5 Å². The SMILES string of the molecule is COc1ccc2sc(N(CCN3CCOCC3)C(=O)c3ccc(Cc4ccccc4)cc3)nc2c1. The van der Waals surface area contributed by atoms with E-state index in [2.05, 4.69) is 17.0 Å². The van der Waals surface area contributed by atoms with E-state index in [0.717, 1.165) is 55.2 Å². The van der Waals surface area contributed by atoms with Gasteiger partial charge >= 0.3 is 0 Å². The summed E-state index contributed by atoms with van der Waals surface area (Å²) in [4.78, 5) is 22.7. The second-order valence-corrected chi connectivity index (χ2v) is 9.61. The van der Waals surface area contributed by atoms with E-state index >= 15 is 0 Å². The van der Waals surface area contributed by atoms with Gasteiger partial charge in [0.1, 0.15) is 5.75 Å². The molecular formula is C28H29N3O3S. The lowest BCUT2D eigenvalue weighted by Gasteiger charge is -2.29. The van der Waals surface area contributed by atoms with E-state index in [-0.39, 0.29) is 5.91 Å². The number of nitrogens with zero attached hydrogens (tertiary/aromatic N) is 3. The van der Waals surface area contributed by atoms with Gasteiger partial charge in [0.15, 0.2) is 5.13 Å². The van der Waals surface area contributed by atoms with Gasteiger partial charge in [-0.15, -0.1) is 0 Å². The Bertz CT molecular complexity index is 1270. The van der Waals surface area contributed by atoms with E-state index in [4.69, 9.17) is 14.5 Å². The van der Waals surface area contributed by atoms with E-state index in [0.29, 0.717) is 17.2 Å². The minimum Gasteiger partial charge on any atom is -0.497 e. The highest BCUT2D eigenvalue weighted by molar-refractivity contribution is 7.22. The first-order valence-electron chi connectivity index (χ1n) is 11.9. The number of anilines is 1. The number of hydrogen-bond donors (Lipinski definition) is 0. The van der Waals surface area contributed by atoms with Crippen LogP contribution in [0.5, 0.6) is 5.75 Å². The maximum Gasteiger partial charge on any atom is 0.260 e. The fourth-order valence-electron chi connectivity index (χ4n) is 4.24. The molecule has 1 amide bonds. The van der Waals surface area contributed by atoms with Crippen LogP contribution in [0.2, 0.25) is 0 Å². The largest absolute Gasteiger partial charge is 0.497 e. The van der Waals surface area contributed by atoms with Gasteiger partial charge in [-0.05, 0) is 41.8 Å². The quantitative estimate of drug-likeness (QED) is 0.355. The van der Waals surface area contributed by atoms with Crippen molar-refractivity contribution in [2.75, 3.05) is 51.4 Å². The molecule has 1 aliphatic heterocycles. The highest BCUT2D eigenvalue weighted by Gasteiger charge is 2.23. The number of carbonyl (C=O) groups excluding carboxylic acids is 1. The van der Waals surface area contributed by atoms with Crippen molar-refractivity contribution < 1.29 is 14.3 Å². The van der Waals surface area contributed by atoms with Crippen LogP contribution in [0.25, 0.3) is 10.2 Å². The van der Waals surface area contributed by atoms with Gasteiger partial charge in [-0.3, -0.25) is 14.6 Å². The lowest BCUT2D eigenvalue weighted by atomic mass is 10.0. The summed E-state index contributed by atoms with van der Waals surface area (Å²) in [5.41, 5.74) is 3.94. The van der Waals surface area contributed by atoms with Crippen LogP contribution in [0.3, 0.4) is 0 Å². The van der Waals surface area contributed by atoms with Crippen LogP contribution in [-0.4, -0.2) is 62.3 Å². The van der Waals surface area contributed by atoms with Crippen LogP contribution in [0.4, 0.5) is 5.13 Å². The smallest absolute Gasteiger partial charge is 0.260 e. The molecule has 1 aliphatic rings. The number of amides is 1. The molecule has 3 aromatic carbocycles. The Hall–Kier alpha value is -3.26. The van der Waals surface area contributed by atoms with E-state index < -0.39 is 0 Å². The number of rotatable bonds is 8. The number of methoxy groups -OCH3 is 1. The number of ether oxygens (including phenoxy) is 2. The number of thiazole rings is 1. The zero-order chi connectivity index (χ0) is 24.0. The summed E-state index contributed by atoms with van der Waals surface area (Å²) < 4.78 is 11.9. The van der Waals surface area contributed by atoms with Gasteiger partial charge in [-0.1, -0.05) is 53.8 Å². The molecule has 0 bridgehead atoms. The predicted octanol–water partition coefficient (Wildman–Crippen LogP) is 4.87. The van der Waals surface area contributed by atoms with Gasteiger partial charge in [0.05, 0.1) is 30.5 Å². The van der Waals surface area contributed by atoms with Crippen molar-refractivity contribution in [1.82, 2.24) is 9.88 Å². The highest BCUT2D eigenvalue weighted by Crippen LogP contribution is 2.32. The van der Waals surface area contributed by atoms with E-state index in [1.807, 2.05) is 65.6 Å². The molecule has 0 aliphatic carbocycles. The Labute approximate surface area is 209 Å². The number of carbonyl (C=O) groups is 1. The Balaban J connectivity index is 1.38. The van der Waals surface area contributed by atoms with Gasteiger partial charge in [-0.25, -0.2) is 4.98 Å². The topological polar surface area (TPSA) is 54.9 Å². The normalized spacial score (nSPS) is 14.2. The molecule has 35 heavy (non-hydrogen) atoms. The molecule has 0 saturated carbocycles. The maximum atomic E-state index is 13.7. The van der Waals surface area contributed by atoms with Gasteiger partial charge in [0, 0.05) is 37.8 Å². The molecular weight excluding hydrogens is 458 g/mol. The average molecular weight is 488 g/mol. The zero-order valence-corrected chi connectivity index (χ0v) is 20.7. The lowest BCUT2D eigenvalue weighted by Crippen LogP contribution is -2.43. The van der Waals surface area contributed by atoms with Gasteiger partial charge in [0.2, 0.25) is 0 Å². The van der Waals surface area contributed by atoms with Crippen molar-refractivity contribution in [3.63, 3.8) is 0 Å². The van der Waals surface area contributed by atoms with Crippen molar-refractivity contribution in [2.45, 2.75) is 6.42 Å². The zero-order valence-electron chi connectivity index (χ0n) is 19.9. The Morgan fingerprint density at radius 2 is 1.77 bits per heavy atom. The van der Waals surface area contributed by atoms with Crippen molar-refractivity contribution in [1.29, 1.82) is 0 Å². The third-order valence-electron chi connectivity index (χ3n) is 6.25. The number of benzene rings is 3. The molecule has 0 unspecified atom stereocenters. The summed E-state index contributed by atoms with van der Waals surface area (Å²) in [5.74, 6) is 0.727. The van der Waals surface area contributed by atoms with Crippen molar-refractivity contribution >= 4 is 32.6 Å². The van der Waals surface area contributed by atoms with E-state index in [1.165, 1.54) is 22.5 Å². The summed E-state index contributed by atoms with van der Waals surface area (Å²) in [6, 6.07) is 24.1. The van der Waals surface area contributed by atoms with Crippen LogP contribution < -0.4 is 9.64 Å². The van der Waals surface area contributed by atoms with Crippen molar-refractivity contribution in [3.05, 3.63) is 89.5 Å². The minimum absolute atomic E-state index is 0.0319. The summed E-state index contributed by atoms with van der Waals surface area (Å²) >= 11 is 1.53. The molecule has 2 heterocycles. The molecule has 1 fully saturated rings. The van der Waals surface area contributed by atoms with Gasteiger partial charge in [0.25, 0.3) is 5.91 Å². The second-order valence-electron chi connectivity index (χ2n) is 8.60. The molecule has 0 spiro atoms. The molecule has 5 rings (SSSR count). The first-order chi connectivity index (χ1) is 17.2. The number of aromatic nitrogens is 1. The molecule has 0 N–H and O–H groups in total. The average Bonchev–Trinajstić information content (AvgIpc) is 3.33.